The summed E-state index contributed by atoms with van der Waals surface area (Å²) in [5.41, 5.74) is 3.90. The lowest BCUT2D eigenvalue weighted by atomic mass is 9.84. The highest BCUT2D eigenvalue weighted by Gasteiger charge is 2.28. The first-order valence-corrected chi connectivity index (χ1v) is 12.9. The molecule has 1 unspecified atom stereocenters. The monoisotopic (exact) mass is 497 g/mol. The molecule has 3 N–H and O–H groups in total. The summed E-state index contributed by atoms with van der Waals surface area (Å²) in [6.45, 7) is 4.49. The number of aryl methyl sites for hydroxylation is 1. The van der Waals surface area contributed by atoms with Crippen LogP contribution in [0.5, 0.6) is 5.75 Å². The van der Waals surface area contributed by atoms with Crippen LogP contribution in [0, 0.1) is 6.92 Å². The number of ether oxygens (including phenoxy) is 1. The minimum atomic E-state index is -0.401. The van der Waals surface area contributed by atoms with Crippen LogP contribution in [0.15, 0.2) is 42.5 Å². The maximum Gasteiger partial charge on any atom is 0.323 e. The van der Waals surface area contributed by atoms with E-state index < -0.39 is 6.23 Å². The van der Waals surface area contributed by atoms with Gasteiger partial charge in [-0.2, -0.15) is 0 Å². The van der Waals surface area contributed by atoms with E-state index in [1.54, 1.807) is 18.9 Å². The number of hydrogen-bond donors (Lipinski definition) is 3. The van der Waals surface area contributed by atoms with Crippen molar-refractivity contribution < 1.29 is 24.5 Å². The fourth-order valence-electron chi connectivity index (χ4n) is 4.81. The molecule has 8 heteroatoms. The van der Waals surface area contributed by atoms with E-state index in [0.29, 0.717) is 30.3 Å². The van der Waals surface area contributed by atoms with Gasteiger partial charge >= 0.3 is 6.03 Å². The van der Waals surface area contributed by atoms with Gasteiger partial charge in [0.25, 0.3) is 0 Å². The summed E-state index contributed by atoms with van der Waals surface area (Å²) in [7, 11) is 1.59. The van der Waals surface area contributed by atoms with Crippen LogP contribution in [-0.4, -0.2) is 42.0 Å². The van der Waals surface area contributed by atoms with E-state index in [1.807, 2.05) is 37.3 Å². The summed E-state index contributed by atoms with van der Waals surface area (Å²) >= 11 is 0. The Kier molecular flexibility index (Phi) is 10.6. The van der Waals surface area contributed by atoms with Crippen molar-refractivity contribution in [1.82, 2.24) is 4.90 Å². The van der Waals surface area contributed by atoms with Crippen molar-refractivity contribution in [3.63, 3.8) is 0 Å². The van der Waals surface area contributed by atoms with Crippen LogP contribution in [0.3, 0.4) is 0 Å². The zero-order valence-electron chi connectivity index (χ0n) is 21.6. The number of carbonyl (C=O) groups excluding carboxylic acids is 2. The average molecular weight is 498 g/mol. The third kappa shape index (κ3) is 7.70. The zero-order chi connectivity index (χ0) is 25.9. The molecule has 2 fully saturated rings. The molecule has 196 valence electrons. The molecule has 1 heterocycles. The van der Waals surface area contributed by atoms with Gasteiger partial charge in [-0.05, 0) is 73.9 Å². The van der Waals surface area contributed by atoms with Gasteiger partial charge in [0.05, 0.1) is 12.8 Å². The lowest BCUT2D eigenvalue weighted by Gasteiger charge is -2.22. The molecule has 3 amide bonds. The van der Waals surface area contributed by atoms with Crippen LogP contribution in [0.4, 0.5) is 16.2 Å². The number of benzene rings is 2. The van der Waals surface area contributed by atoms with E-state index in [0.717, 1.165) is 24.1 Å². The number of likely N-dealkylation sites (tertiary alicyclic amines) is 1. The summed E-state index contributed by atoms with van der Waals surface area (Å²) in [6, 6.07) is 13.7. The number of methoxy groups -OCH3 is 1. The van der Waals surface area contributed by atoms with Gasteiger partial charge in [0, 0.05) is 18.7 Å². The van der Waals surface area contributed by atoms with Gasteiger partial charge in [-0.1, -0.05) is 44.4 Å². The van der Waals surface area contributed by atoms with Crippen LogP contribution < -0.4 is 15.4 Å². The van der Waals surface area contributed by atoms with Crippen molar-refractivity contribution in [1.29, 1.82) is 0 Å². The van der Waals surface area contributed by atoms with E-state index in [9.17, 15) is 9.59 Å². The van der Waals surface area contributed by atoms with Crippen molar-refractivity contribution in [3.05, 3.63) is 53.6 Å². The van der Waals surface area contributed by atoms with Crippen LogP contribution in [0.2, 0.25) is 0 Å². The van der Waals surface area contributed by atoms with Gasteiger partial charge in [-0.3, -0.25) is 4.79 Å². The third-order valence-electron chi connectivity index (χ3n) is 6.79. The molecule has 0 aromatic heterocycles. The van der Waals surface area contributed by atoms with E-state index >= 15 is 0 Å². The first-order valence-electron chi connectivity index (χ1n) is 12.9. The standard InChI is InChI=1S/C21H26N2O2.C7H13NO3/c1-15-8-13-20(25-2)19(14-15)23-21(24)22-18-11-9-17(10-12-18)16-6-4-3-5-7-16;1-2-6(9)8-5-3-4-7(8)11-10/h8-14,16H,3-7H2,1-2H3,(H2,22,23,24);7,10H,2-5H2,1H3. The highest BCUT2D eigenvalue weighted by atomic mass is 17.1. The molecule has 0 radical (unpaired) electrons. The van der Waals surface area contributed by atoms with Crippen LogP contribution in [0.25, 0.3) is 0 Å². The number of nitrogens with zero attached hydrogens (tertiary/aromatic N) is 1. The Bertz CT molecular complexity index is 989. The molecular formula is C28H39N3O5. The van der Waals surface area contributed by atoms with Gasteiger partial charge in [0.2, 0.25) is 5.91 Å². The molecule has 2 aromatic rings. The summed E-state index contributed by atoms with van der Waals surface area (Å²) in [6.07, 6.45) is 8.29. The Morgan fingerprint density at radius 3 is 2.36 bits per heavy atom. The second kappa shape index (κ2) is 13.8. The van der Waals surface area contributed by atoms with Crippen molar-refractivity contribution >= 4 is 23.3 Å². The van der Waals surface area contributed by atoms with Crippen LogP contribution in [0.1, 0.15) is 75.3 Å². The summed E-state index contributed by atoms with van der Waals surface area (Å²) in [5, 5.41) is 14.1. The molecule has 0 spiro atoms. The Labute approximate surface area is 213 Å². The molecule has 1 atom stereocenters. The molecule has 1 aliphatic carbocycles. The Hall–Kier alpha value is -3.10. The Morgan fingerprint density at radius 1 is 1.00 bits per heavy atom. The van der Waals surface area contributed by atoms with Gasteiger partial charge in [0.15, 0.2) is 6.23 Å². The highest BCUT2D eigenvalue weighted by Crippen LogP contribution is 2.33. The molecule has 2 aliphatic rings. The number of urea groups is 1. The van der Waals surface area contributed by atoms with Crippen molar-refractivity contribution in [2.45, 2.75) is 77.4 Å². The van der Waals surface area contributed by atoms with E-state index in [4.69, 9.17) is 9.99 Å². The zero-order valence-corrected chi connectivity index (χ0v) is 21.6. The third-order valence-corrected chi connectivity index (χ3v) is 6.79. The average Bonchev–Trinajstić information content (AvgIpc) is 3.39. The van der Waals surface area contributed by atoms with Gasteiger partial charge in [-0.25, -0.2) is 14.9 Å². The first kappa shape index (κ1) is 27.5. The molecule has 4 rings (SSSR count). The number of carbonyl (C=O) groups is 2. The molecule has 0 bridgehead atoms. The molecule has 2 aromatic carbocycles. The number of amides is 3. The smallest absolute Gasteiger partial charge is 0.323 e. The van der Waals surface area contributed by atoms with Crippen molar-refractivity contribution in [3.8, 4) is 5.75 Å². The van der Waals surface area contributed by atoms with Crippen LogP contribution >= 0.6 is 0 Å². The summed E-state index contributed by atoms with van der Waals surface area (Å²) < 4.78 is 5.29. The number of anilines is 2. The van der Waals surface area contributed by atoms with E-state index in [1.165, 1.54) is 37.7 Å². The maximum absolute atomic E-state index is 12.3. The highest BCUT2D eigenvalue weighted by molar-refractivity contribution is 6.00. The predicted octanol–water partition coefficient (Wildman–Crippen LogP) is 6.53. The predicted molar refractivity (Wildman–Crippen MR) is 141 cm³/mol. The van der Waals surface area contributed by atoms with E-state index in [2.05, 4.69) is 27.7 Å². The largest absolute Gasteiger partial charge is 0.495 e. The van der Waals surface area contributed by atoms with E-state index in [-0.39, 0.29) is 11.9 Å². The van der Waals surface area contributed by atoms with Crippen molar-refractivity contribution in [2.75, 3.05) is 24.3 Å². The maximum atomic E-state index is 12.3. The molecule has 1 saturated heterocycles. The van der Waals surface area contributed by atoms with Crippen LogP contribution in [-0.2, 0) is 9.68 Å². The minimum absolute atomic E-state index is 0.0431. The molecule has 36 heavy (non-hydrogen) atoms. The second-order valence-electron chi connectivity index (χ2n) is 9.38. The first-order chi connectivity index (χ1) is 17.4. The lowest BCUT2D eigenvalue weighted by Crippen LogP contribution is -2.36. The Balaban J connectivity index is 0.000000275. The molecular weight excluding hydrogens is 458 g/mol. The van der Waals surface area contributed by atoms with Crippen molar-refractivity contribution in [2.24, 2.45) is 0 Å². The molecule has 1 aliphatic heterocycles. The molecule has 8 nitrogen and oxygen atoms in total. The minimum Gasteiger partial charge on any atom is -0.495 e. The second-order valence-corrected chi connectivity index (χ2v) is 9.38. The summed E-state index contributed by atoms with van der Waals surface area (Å²) in [4.78, 5) is 29.1. The summed E-state index contributed by atoms with van der Waals surface area (Å²) in [5.74, 6) is 1.36. The van der Waals surface area contributed by atoms with Gasteiger partial charge < -0.3 is 20.3 Å². The number of nitrogens with one attached hydrogen (secondary N) is 2. The van der Waals surface area contributed by atoms with Gasteiger partial charge in [0.1, 0.15) is 5.75 Å². The SMILES string of the molecule is CCC(=O)N1CCCC1OO.COc1ccc(C)cc1NC(=O)Nc1ccc(C2CCCCC2)cc1. The quantitative estimate of drug-likeness (QED) is 0.311. The van der Waals surface area contributed by atoms with Gasteiger partial charge in [-0.15, -0.1) is 0 Å². The number of hydrogen-bond acceptors (Lipinski definition) is 5. The topological polar surface area (TPSA) is 100 Å². The number of rotatable bonds is 6. The normalized spacial score (nSPS) is 17.7. The molecule has 1 saturated carbocycles. The Morgan fingerprint density at radius 2 is 1.72 bits per heavy atom. The lowest BCUT2D eigenvalue weighted by molar-refractivity contribution is -0.302. The fraction of sp³-hybridized carbons (Fsp3) is 0.500. The fourth-order valence-corrected chi connectivity index (χ4v) is 4.81.